The molecule has 0 aliphatic carbocycles. The van der Waals surface area contributed by atoms with Crippen molar-refractivity contribution in [1.29, 1.82) is 0 Å². The molecule has 10 heteroatoms. The van der Waals surface area contributed by atoms with Crippen LogP contribution >= 0.6 is 0 Å². The third-order valence-corrected chi connectivity index (χ3v) is 6.33. The Morgan fingerprint density at radius 3 is 2.28 bits per heavy atom. The molecular weight excluding hydrogens is 399 g/mol. The molecule has 1 fully saturated rings. The topological polar surface area (TPSA) is 90.0 Å². The Hall–Kier alpha value is -2.04. The van der Waals surface area contributed by atoms with Gasteiger partial charge in [-0.1, -0.05) is 12.1 Å². The van der Waals surface area contributed by atoms with Gasteiger partial charge in [0.05, 0.1) is 13.1 Å². The summed E-state index contributed by atoms with van der Waals surface area (Å²) in [6.45, 7) is 7.45. The molecule has 2 rings (SSSR count). The third-order valence-electron chi connectivity index (χ3n) is 4.49. The van der Waals surface area contributed by atoms with E-state index in [1.807, 2.05) is 25.7 Å². The van der Waals surface area contributed by atoms with E-state index < -0.39 is 20.7 Å². The highest BCUT2D eigenvalue weighted by Crippen LogP contribution is 2.18. The molecular formula is C19H29FN4O4S. The van der Waals surface area contributed by atoms with Crippen LogP contribution in [0.1, 0.15) is 20.8 Å². The van der Waals surface area contributed by atoms with Crippen LogP contribution in [0.5, 0.6) is 0 Å². The van der Waals surface area contributed by atoms with Gasteiger partial charge in [0.2, 0.25) is 21.8 Å². The zero-order valence-electron chi connectivity index (χ0n) is 17.3. The van der Waals surface area contributed by atoms with E-state index in [4.69, 9.17) is 0 Å². The molecule has 0 unspecified atom stereocenters. The molecule has 1 heterocycles. The average molecular weight is 429 g/mol. The van der Waals surface area contributed by atoms with Crippen LogP contribution in [0.4, 0.5) is 4.39 Å². The van der Waals surface area contributed by atoms with Gasteiger partial charge >= 0.3 is 0 Å². The fraction of sp³-hybridized carbons (Fsp3) is 0.579. The van der Waals surface area contributed by atoms with Crippen LogP contribution in [-0.4, -0.2) is 86.2 Å². The van der Waals surface area contributed by atoms with E-state index in [1.165, 1.54) is 25.2 Å². The Bertz CT molecular complexity index is 846. The summed E-state index contributed by atoms with van der Waals surface area (Å²) in [7, 11) is -2.84. The summed E-state index contributed by atoms with van der Waals surface area (Å²) in [6, 6.07) is 5.08. The predicted molar refractivity (Wildman–Crippen MR) is 107 cm³/mol. The number of hydrogen-bond acceptors (Lipinski definition) is 5. The van der Waals surface area contributed by atoms with Crippen molar-refractivity contribution < 1.29 is 22.4 Å². The van der Waals surface area contributed by atoms with E-state index in [0.29, 0.717) is 26.2 Å². The minimum atomic E-state index is -4.10. The number of halogens is 1. The van der Waals surface area contributed by atoms with E-state index in [2.05, 4.69) is 5.32 Å². The van der Waals surface area contributed by atoms with Crippen LogP contribution in [-0.2, 0) is 19.6 Å². The van der Waals surface area contributed by atoms with Crippen LogP contribution in [0, 0.1) is 5.82 Å². The molecule has 29 heavy (non-hydrogen) atoms. The molecule has 1 aromatic rings. The first kappa shape index (κ1) is 23.2. The van der Waals surface area contributed by atoms with Gasteiger partial charge in [-0.15, -0.1) is 0 Å². The molecule has 0 aromatic heterocycles. The maximum Gasteiger partial charge on any atom is 0.246 e. The van der Waals surface area contributed by atoms with Crippen molar-refractivity contribution in [2.24, 2.45) is 0 Å². The summed E-state index contributed by atoms with van der Waals surface area (Å²) < 4.78 is 39.7. The molecule has 0 bridgehead atoms. The first-order valence-electron chi connectivity index (χ1n) is 9.42. The van der Waals surface area contributed by atoms with Crippen LogP contribution in [0.25, 0.3) is 0 Å². The molecule has 0 atom stereocenters. The van der Waals surface area contributed by atoms with Gasteiger partial charge < -0.3 is 10.2 Å². The van der Waals surface area contributed by atoms with Crippen molar-refractivity contribution >= 4 is 21.8 Å². The highest BCUT2D eigenvalue weighted by atomic mass is 32.2. The molecule has 1 aliphatic rings. The van der Waals surface area contributed by atoms with Gasteiger partial charge in [-0.3, -0.25) is 14.5 Å². The zero-order chi connectivity index (χ0) is 21.8. The second-order valence-corrected chi connectivity index (χ2v) is 10.2. The monoisotopic (exact) mass is 428 g/mol. The first-order chi connectivity index (χ1) is 13.4. The predicted octanol–water partition coefficient (Wildman–Crippen LogP) is 0.505. The molecule has 2 amide bonds. The SMILES string of the molecule is CN(CC(=O)N1CCN(CC(=O)NC(C)(C)C)CC1)S(=O)(=O)c1ccccc1F. The fourth-order valence-corrected chi connectivity index (χ4v) is 4.19. The first-order valence-corrected chi connectivity index (χ1v) is 10.9. The number of piperazine rings is 1. The molecule has 1 aliphatic heterocycles. The lowest BCUT2D eigenvalue weighted by molar-refractivity contribution is -0.133. The van der Waals surface area contributed by atoms with E-state index >= 15 is 0 Å². The number of nitrogens with one attached hydrogen (secondary N) is 1. The Morgan fingerprint density at radius 1 is 1.14 bits per heavy atom. The number of hydrogen-bond donors (Lipinski definition) is 1. The van der Waals surface area contributed by atoms with Gasteiger partial charge in [0.15, 0.2) is 0 Å². The number of carbonyl (C=O) groups is 2. The average Bonchev–Trinajstić information content (AvgIpc) is 2.60. The summed E-state index contributed by atoms with van der Waals surface area (Å²) in [5, 5.41) is 2.90. The van der Waals surface area contributed by atoms with Crippen LogP contribution in [0.2, 0.25) is 0 Å². The highest BCUT2D eigenvalue weighted by molar-refractivity contribution is 7.89. The van der Waals surface area contributed by atoms with E-state index in [-0.39, 0.29) is 30.4 Å². The summed E-state index contributed by atoms with van der Waals surface area (Å²) in [6.07, 6.45) is 0. The number of amides is 2. The van der Waals surface area contributed by atoms with E-state index in [1.54, 1.807) is 4.90 Å². The second kappa shape index (κ2) is 9.19. The Balaban J connectivity index is 1.88. The second-order valence-electron chi connectivity index (χ2n) is 8.15. The number of rotatable bonds is 6. The Kier molecular flexibility index (Phi) is 7.36. The zero-order valence-corrected chi connectivity index (χ0v) is 18.1. The molecule has 1 aromatic carbocycles. The smallest absolute Gasteiger partial charge is 0.246 e. The van der Waals surface area contributed by atoms with Crippen LogP contribution < -0.4 is 5.32 Å². The van der Waals surface area contributed by atoms with Gasteiger partial charge in [0.1, 0.15) is 10.7 Å². The number of sulfonamides is 1. The van der Waals surface area contributed by atoms with Crippen molar-refractivity contribution in [2.75, 3.05) is 46.3 Å². The van der Waals surface area contributed by atoms with Gasteiger partial charge in [-0.25, -0.2) is 12.8 Å². The highest BCUT2D eigenvalue weighted by Gasteiger charge is 2.29. The molecule has 1 N–H and O–H groups in total. The van der Waals surface area contributed by atoms with Crippen molar-refractivity contribution in [1.82, 2.24) is 19.4 Å². The van der Waals surface area contributed by atoms with Crippen LogP contribution in [0.15, 0.2) is 29.2 Å². The number of likely N-dealkylation sites (N-methyl/N-ethyl adjacent to an activating group) is 1. The fourth-order valence-electron chi connectivity index (χ4n) is 3.01. The largest absolute Gasteiger partial charge is 0.350 e. The van der Waals surface area contributed by atoms with E-state index in [9.17, 15) is 22.4 Å². The Morgan fingerprint density at radius 2 is 1.72 bits per heavy atom. The number of benzene rings is 1. The number of carbonyl (C=O) groups excluding carboxylic acids is 2. The molecule has 0 radical (unpaired) electrons. The molecule has 0 spiro atoms. The summed E-state index contributed by atoms with van der Waals surface area (Å²) in [4.78, 5) is 27.6. The van der Waals surface area contributed by atoms with Gasteiger partial charge in [0, 0.05) is 38.8 Å². The van der Waals surface area contributed by atoms with Crippen molar-refractivity contribution in [3.8, 4) is 0 Å². The molecule has 8 nitrogen and oxygen atoms in total. The normalized spacial score (nSPS) is 16.1. The lowest BCUT2D eigenvalue weighted by atomic mass is 10.1. The Labute approximate surface area is 171 Å². The van der Waals surface area contributed by atoms with Gasteiger partial charge in [-0.05, 0) is 32.9 Å². The number of nitrogens with zero attached hydrogens (tertiary/aromatic N) is 3. The van der Waals surface area contributed by atoms with Crippen LogP contribution in [0.3, 0.4) is 0 Å². The lowest BCUT2D eigenvalue weighted by Gasteiger charge is -2.35. The van der Waals surface area contributed by atoms with E-state index in [0.717, 1.165) is 10.4 Å². The minimum absolute atomic E-state index is 0.0759. The minimum Gasteiger partial charge on any atom is -0.350 e. The maximum atomic E-state index is 13.8. The molecule has 0 saturated carbocycles. The van der Waals surface area contributed by atoms with Crippen molar-refractivity contribution in [3.63, 3.8) is 0 Å². The summed E-state index contributed by atoms with van der Waals surface area (Å²) in [5.41, 5.74) is -0.302. The standard InChI is InChI=1S/C19H29FN4O4S/c1-19(2,3)21-17(25)13-23-9-11-24(12-10-23)18(26)14-22(4)29(27,28)16-8-6-5-7-15(16)20/h5-8H,9-14H2,1-4H3,(H,21,25). The molecule has 162 valence electrons. The summed E-state index contributed by atoms with van der Waals surface area (Å²) in [5.74, 6) is -1.28. The molecule has 1 saturated heterocycles. The van der Waals surface area contributed by atoms with Crippen molar-refractivity contribution in [2.45, 2.75) is 31.2 Å². The van der Waals surface area contributed by atoms with Gasteiger partial charge in [-0.2, -0.15) is 4.31 Å². The summed E-state index contributed by atoms with van der Waals surface area (Å²) >= 11 is 0. The van der Waals surface area contributed by atoms with Crippen molar-refractivity contribution in [3.05, 3.63) is 30.1 Å². The van der Waals surface area contributed by atoms with Gasteiger partial charge in [0.25, 0.3) is 0 Å². The quantitative estimate of drug-likeness (QED) is 0.713. The maximum absolute atomic E-state index is 13.8. The third kappa shape index (κ3) is 6.48. The lowest BCUT2D eigenvalue weighted by Crippen LogP contribution is -2.54.